The second-order valence-electron chi connectivity index (χ2n) is 3.43. The SMILES string of the molecule is CCn1c(S)nc2cccc(C)c2c1=O. The molecule has 15 heavy (non-hydrogen) atoms. The van der Waals surface area contributed by atoms with Crippen molar-refractivity contribution in [1.29, 1.82) is 0 Å². The Balaban J connectivity index is 2.99. The molecule has 0 amide bonds. The van der Waals surface area contributed by atoms with Crippen LogP contribution in [0, 0.1) is 6.92 Å². The van der Waals surface area contributed by atoms with Crippen molar-refractivity contribution >= 4 is 23.5 Å². The summed E-state index contributed by atoms with van der Waals surface area (Å²) in [5.74, 6) is 0. The summed E-state index contributed by atoms with van der Waals surface area (Å²) in [7, 11) is 0. The minimum atomic E-state index is -0.00870. The predicted molar refractivity (Wildman–Crippen MR) is 63.7 cm³/mol. The van der Waals surface area contributed by atoms with E-state index in [-0.39, 0.29) is 5.56 Å². The number of hydrogen-bond acceptors (Lipinski definition) is 3. The second kappa shape index (κ2) is 3.70. The molecule has 78 valence electrons. The standard InChI is InChI=1S/C11H12N2OS/c1-3-13-10(14)9-7(2)5-4-6-8(9)12-11(13)15/h4-6H,3H2,1-2H3,(H,12,15). The van der Waals surface area contributed by atoms with Crippen molar-refractivity contribution in [2.45, 2.75) is 25.5 Å². The van der Waals surface area contributed by atoms with Crippen LogP contribution in [0.25, 0.3) is 10.9 Å². The molecule has 0 fully saturated rings. The van der Waals surface area contributed by atoms with E-state index in [0.29, 0.717) is 17.1 Å². The molecule has 2 aromatic rings. The fraction of sp³-hybridized carbons (Fsp3) is 0.273. The van der Waals surface area contributed by atoms with Gasteiger partial charge in [-0.1, -0.05) is 12.1 Å². The van der Waals surface area contributed by atoms with Crippen LogP contribution in [-0.4, -0.2) is 9.55 Å². The van der Waals surface area contributed by atoms with E-state index in [1.54, 1.807) is 4.57 Å². The van der Waals surface area contributed by atoms with Crippen LogP contribution in [0.15, 0.2) is 28.2 Å². The number of fused-ring (bicyclic) bond motifs is 1. The van der Waals surface area contributed by atoms with Crippen LogP contribution in [0.2, 0.25) is 0 Å². The zero-order chi connectivity index (χ0) is 11.0. The van der Waals surface area contributed by atoms with Crippen LogP contribution in [0.5, 0.6) is 0 Å². The molecule has 0 radical (unpaired) electrons. The Kier molecular flexibility index (Phi) is 2.52. The van der Waals surface area contributed by atoms with Crippen molar-refractivity contribution in [1.82, 2.24) is 9.55 Å². The molecule has 1 aromatic heterocycles. The summed E-state index contributed by atoms with van der Waals surface area (Å²) in [4.78, 5) is 16.4. The first-order valence-electron chi connectivity index (χ1n) is 4.84. The Bertz CT molecular complexity index is 575. The van der Waals surface area contributed by atoms with Crippen molar-refractivity contribution in [2.75, 3.05) is 0 Å². The molecule has 2 rings (SSSR count). The van der Waals surface area contributed by atoms with Gasteiger partial charge in [0.25, 0.3) is 5.56 Å². The number of thiol groups is 1. The summed E-state index contributed by atoms with van der Waals surface area (Å²) in [5, 5.41) is 1.16. The topological polar surface area (TPSA) is 34.9 Å². The minimum absolute atomic E-state index is 0.00870. The normalized spacial score (nSPS) is 10.9. The monoisotopic (exact) mass is 220 g/mol. The molecule has 4 heteroatoms. The van der Waals surface area contributed by atoms with E-state index in [2.05, 4.69) is 17.6 Å². The minimum Gasteiger partial charge on any atom is -0.288 e. The third kappa shape index (κ3) is 1.55. The Morgan fingerprint density at radius 2 is 2.20 bits per heavy atom. The lowest BCUT2D eigenvalue weighted by Gasteiger charge is -2.08. The maximum Gasteiger partial charge on any atom is 0.262 e. The Morgan fingerprint density at radius 3 is 2.87 bits per heavy atom. The quantitative estimate of drug-likeness (QED) is 0.589. The van der Waals surface area contributed by atoms with E-state index >= 15 is 0 Å². The molecule has 0 aliphatic rings. The molecule has 1 heterocycles. The zero-order valence-electron chi connectivity index (χ0n) is 8.69. The number of rotatable bonds is 1. The van der Waals surface area contributed by atoms with E-state index in [1.165, 1.54) is 0 Å². The second-order valence-corrected chi connectivity index (χ2v) is 3.83. The van der Waals surface area contributed by atoms with Gasteiger partial charge >= 0.3 is 0 Å². The molecule has 0 unspecified atom stereocenters. The molecule has 0 bridgehead atoms. The number of benzene rings is 1. The van der Waals surface area contributed by atoms with Crippen LogP contribution < -0.4 is 5.56 Å². The van der Waals surface area contributed by atoms with E-state index < -0.39 is 0 Å². The molecule has 0 saturated carbocycles. The van der Waals surface area contributed by atoms with Crippen molar-refractivity contribution in [2.24, 2.45) is 0 Å². The molecule has 0 spiro atoms. The number of aryl methyl sites for hydroxylation is 1. The van der Waals surface area contributed by atoms with Crippen LogP contribution >= 0.6 is 12.6 Å². The van der Waals surface area contributed by atoms with Gasteiger partial charge in [-0.15, -0.1) is 12.6 Å². The predicted octanol–water partition coefficient (Wildman–Crippen LogP) is 2.01. The lowest BCUT2D eigenvalue weighted by Crippen LogP contribution is -2.22. The summed E-state index contributed by atoms with van der Waals surface area (Å²) >= 11 is 4.21. The highest BCUT2D eigenvalue weighted by molar-refractivity contribution is 7.80. The average Bonchev–Trinajstić information content (AvgIpc) is 2.17. The lowest BCUT2D eigenvalue weighted by atomic mass is 10.1. The van der Waals surface area contributed by atoms with Crippen LogP contribution in [0.3, 0.4) is 0 Å². The van der Waals surface area contributed by atoms with Gasteiger partial charge in [0.2, 0.25) is 0 Å². The largest absolute Gasteiger partial charge is 0.288 e. The smallest absolute Gasteiger partial charge is 0.262 e. The van der Waals surface area contributed by atoms with Crippen molar-refractivity contribution < 1.29 is 0 Å². The van der Waals surface area contributed by atoms with E-state index in [4.69, 9.17) is 0 Å². The molecule has 0 aliphatic carbocycles. The number of nitrogens with zero attached hydrogens (tertiary/aromatic N) is 2. The Labute approximate surface area is 93.2 Å². The van der Waals surface area contributed by atoms with Gasteiger partial charge < -0.3 is 0 Å². The first-order valence-corrected chi connectivity index (χ1v) is 5.29. The maximum atomic E-state index is 12.1. The van der Waals surface area contributed by atoms with E-state index in [0.717, 1.165) is 11.1 Å². The van der Waals surface area contributed by atoms with Gasteiger partial charge in [-0.25, -0.2) is 4.98 Å². The van der Waals surface area contributed by atoms with Gasteiger partial charge in [-0.2, -0.15) is 0 Å². The maximum absolute atomic E-state index is 12.1. The molecule has 1 aromatic carbocycles. The highest BCUT2D eigenvalue weighted by atomic mass is 32.1. The fourth-order valence-corrected chi connectivity index (χ4v) is 2.04. The van der Waals surface area contributed by atoms with Crippen LogP contribution in [0.1, 0.15) is 12.5 Å². The highest BCUT2D eigenvalue weighted by Crippen LogP contribution is 2.14. The highest BCUT2D eigenvalue weighted by Gasteiger charge is 2.08. The Morgan fingerprint density at radius 1 is 1.47 bits per heavy atom. The van der Waals surface area contributed by atoms with Gasteiger partial charge in [-0.3, -0.25) is 9.36 Å². The number of hydrogen-bond donors (Lipinski definition) is 1. The third-order valence-electron chi connectivity index (χ3n) is 2.49. The van der Waals surface area contributed by atoms with Crippen LogP contribution in [-0.2, 0) is 6.54 Å². The summed E-state index contributed by atoms with van der Waals surface area (Å²) < 4.78 is 1.57. The van der Waals surface area contributed by atoms with Crippen molar-refractivity contribution in [3.8, 4) is 0 Å². The van der Waals surface area contributed by atoms with Crippen molar-refractivity contribution in [3.63, 3.8) is 0 Å². The molecule has 0 N–H and O–H groups in total. The fourth-order valence-electron chi connectivity index (χ4n) is 1.70. The molecule has 0 aliphatic heterocycles. The van der Waals surface area contributed by atoms with Gasteiger partial charge in [0.1, 0.15) is 0 Å². The third-order valence-corrected chi connectivity index (χ3v) is 2.83. The average molecular weight is 220 g/mol. The van der Waals surface area contributed by atoms with Crippen LogP contribution in [0.4, 0.5) is 0 Å². The molecule has 3 nitrogen and oxygen atoms in total. The lowest BCUT2D eigenvalue weighted by molar-refractivity contribution is 0.636. The Hall–Kier alpha value is -1.29. The molecular formula is C11H12N2OS. The summed E-state index contributed by atoms with van der Waals surface area (Å²) in [6.45, 7) is 4.42. The summed E-state index contributed by atoms with van der Waals surface area (Å²) in [5.41, 5.74) is 1.67. The molecular weight excluding hydrogens is 208 g/mol. The van der Waals surface area contributed by atoms with Gasteiger partial charge in [0.15, 0.2) is 5.16 Å². The van der Waals surface area contributed by atoms with Gasteiger partial charge in [0, 0.05) is 6.54 Å². The summed E-state index contributed by atoms with van der Waals surface area (Å²) in [6, 6.07) is 5.65. The number of aromatic nitrogens is 2. The van der Waals surface area contributed by atoms with Crippen molar-refractivity contribution in [3.05, 3.63) is 34.1 Å². The summed E-state index contributed by atoms with van der Waals surface area (Å²) in [6.07, 6.45) is 0. The van der Waals surface area contributed by atoms with Gasteiger partial charge in [0.05, 0.1) is 10.9 Å². The first kappa shape index (κ1) is 10.2. The molecule has 0 atom stereocenters. The van der Waals surface area contributed by atoms with E-state index in [9.17, 15) is 4.79 Å². The zero-order valence-corrected chi connectivity index (χ0v) is 9.58. The first-order chi connectivity index (χ1) is 7.15. The van der Waals surface area contributed by atoms with Gasteiger partial charge in [-0.05, 0) is 25.5 Å². The van der Waals surface area contributed by atoms with E-state index in [1.807, 2.05) is 32.0 Å². The molecule has 0 saturated heterocycles.